The van der Waals surface area contributed by atoms with Crippen LogP contribution in [0.2, 0.25) is 0 Å². The highest BCUT2D eigenvalue weighted by Gasteiger charge is 2.30. The maximum absolute atomic E-state index is 11.6. The highest BCUT2D eigenvalue weighted by Crippen LogP contribution is 2.22. The minimum absolute atomic E-state index is 0.112. The predicted octanol–water partition coefficient (Wildman–Crippen LogP) is 4.21. The molecule has 0 radical (unpaired) electrons. The van der Waals surface area contributed by atoms with E-state index in [1.165, 1.54) is 12.1 Å². The first-order valence-corrected chi connectivity index (χ1v) is 6.34. The Balaban J connectivity index is 0.000000224. The highest BCUT2D eigenvalue weighted by atomic mass is 19.4. The largest absolute Gasteiger partial charge is 0.573 e. The molecule has 0 aliphatic rings. The molecule has 0 fully saturated rings. The number of aliphatic carboxylic acids is 1. The fraction of sp³-hybridized carbons (Fsp3) is 0.188. The minimum Gasteiger partial charge on any atom is -0.481 e. The zero-order chi connectivity index (χ0) is 16.6. The van der Waals surface area contributed by atoms with Crippen molar-refractivity contribution in [2.45, 2.75) is 19.7 Å². The number of carboxylic acids is 1. The highest BCUT2D eigenvalue weighted by molar-refractivity contribution is 5.70. The van der Waals surface area contributed by atoms with Crippen LogP contribution in [0.3, 0.4) is 0 Å². The molecule has 2 rings (SSSR count). The molecule has 0 atom stereocenters. The average molecular weight is 312 g/mol. The van der Waals surface area contributed by atoms with Crippen LogP contribution in [0.5, 0.6) is 5.75 Å². The van der Waals surface area contributed by atoms with Crippen LogP contribution in [-0.2, 0) is 11.2 Å². The molecule has 0 amide bonds. The molecule has 0 aromatic heterocycles. The van der Waals surface area contributed by atoms with Crippen LogP contribution >= 0.6 is 0 Å². The number of hydrogen-bond donors (Lipinski definition) is 1. The molecular formula is C16H15F3O3. The van der Waals surface area contributed by atoms with Crippen LogP contribution in [0.1, 0.15) is 11.1 Å². The van der Waals surface area contributed by atoms with Crippen LogP contribution in [0.25, 0.3) is 0 Å². The van der Waals surface area contributed by atoms with Gasteiger partial charge in [0.25, 0.3) is 0 Å². The average Bonchev–Trinajstić information content (AvgIpc) is 2.41. The third-order valence-corrected chi connectivity index (χ3v) is 2.45. The number of aryl methyl sites for hydroxylation is 1. The second kappa shape index (κ2) is 8.07. The molecule has 22 heavy (non-hydrogen) atoms. The summed E-state index contributed by atoms with van der Waals surface area (Å²) in [4.78, 5) is 10.2. The van der Waals surface area contributed by atoms with Crippen LogP contribution in [0, 0.1) is 6.92 Å². The van der Waals surface area contributed by atoms with E-state index in [0.717, 1.165) is 11.1 Å². The third-order valence-electron chi connectivity index (χ3n) is 2.45. The molecule has 0 bridgehead atoms. The zero-order valence-corrected chi connectivity index (χ0v) is 11.8. The van der Waals surface area contributed by atoms with Crippen molar-refractivity contribution >= 4 is 5.97 Å². The summed E-state index contributed by atoms with van der Waals surface area (Å²) in [7, 11) is 0. The van der Waals surface area contributed by atoms with E-state index in [2.05, 4.69) is 4.74 Å². The van der Waals surface area contributed by atoms with Gasteiger partial charge in [-0.25, -0.2) is 0 Å². The summed E-state index contributed by atoms with van der Waals surface area (Å²) in [6.07, 6.45) is -4.49. The van der Waals surface area contributed by atoms with Crippen LogP contribution in [0.4, 0.5) is 13.2 Å². The number of benzene rings is 2. The number of ether oxygens (including phenoxy) is 1. The van der Waals surface area contributed by atoms with Crippen molar-refractivity contribution in [2.24, 2.45) is 0 Å². The van der Waals surface area contributed by atoms with Crippen LogP contribution in [-0.4, -0.2) is 17.4 Å². The summed E-state index contributed by atoms with van der Waals surface area (Å²) in [5.41, 5.74) is 1.74. The summed E-state index contributed by atoms with van der Waals surface area (Å²) in [6.45, 7) is 1.79. The number of hydrogen-bond acceptors (Lipinski definition) is 2. The standard InChI is InChI=1S/C8H7F3O.C8H8O2/c1-6-2-4-7(5-3-6)12-8(9,10)11;9-8(10)6-7-4-2-1-3-5-7/h2-5H,1H3;1-5H,6H2,(H,9,10). The SMILES string of the molecule is Cc1ccc(OC(F)(F)F)cc1.O=C(O)Cc1ccccc1. The van der Waals surface area contributed by atoms with E-state index in [4.69, 9.17) is 5.11 Å². The lowest BCUT2D eigenvalue weighted by Gasteiger charge is -2.08. The van der Waals surface area contributed by atoms with Gasteiger partial charge in [-0.15, -0.1) is 13.2 Å². The predicted molar refractivity (Wildman–Crippen MR) is 75.6 cm³/mol. The maximum atomic E-state index is 11.6. The molecule has 0 heterocycles. The lowest BCUT2D eigenvalue weighted by molar-refractivity contribution is -0.274. The normalized spacial score (nSPS) is 10.4. The Morgan fingerprint density at radius 3 is 2.05 bits per heavy atom. The van der Waals surface area contributed by atoms with Crippen molar-refractivity contribution in [1.29, 1.82) is 0 Å². The molecule has 0 saturated carbocycles. The Labute approximate surface area is 126 Å². The molecule has 0 unspecified atom stereocenters. The molecule has 3 nitrogen and oxygen atoms in total. The Bertz CT molecular complexity index is 578. The van der Waals surface area contributed by atoms with E-state index in [0.29, 0.717) is 0 Å². The molecule has 0 spiro atoms. The second-order valence-corrected chi connectivity index (χ2v) is 4.42. The molecule has 118 valence electrons. The lowest BCUT2D eigenvalue weighted by atomic mass is 10.2. The molecule has 0 saturated heterocycles. The topological polar surface area (TPSA) is 46.5 Å². The number of carbonyl (C=O) groups is 1. The Morgan fingerprint density at radius 2 is 1.59 bits per heavy atom. The molecule has 2 aromatic rings. The van der Waals surface area contributed by atoms with Gasteiger partial charge in [0.2, 0.25) is 0 Å². The van der Waals surface area contributed by atoms with Crippen molar-refractivity contribution < 1.29 is 27.8 Å². The van der Waals surface area contributed by atoms with E-state index < -0.39 is 12.3 Å². The van der Waals surface area contributed by atoms with E-state index in [-0.39, 0.29) is 12.2 Å². The van der Waals surface area contributed by atoms with Gasteiger partial charge in [0.1, 0.15) is 5.75 Å². The molecule has 1 N–H and O–H groups in total. The Kier molecular flexibility index (Phi) is 6.44. The molecule has 2 aromatic carbocycles. The van der Waals surface area contributed by atoms with Gasteiger partial charge in [0.05, 0.1) is 6.42 Å². The van der Waals surface area contributed by atoms with Crippen LogP contribution < -0.4 is 4.74 Å². The van der Waals surface area contributed by atoms with Gasteiger partial charge in [-0.3, -0.25) is 4.79 Å². The van der Waals surface area contributed by atoms with Crippen molar-refractivity contribution in [3.05, 3.63) is 65.7 Å². The van der Waals surface area contributed by atoms with Gasteiger partial charge < -0.3 is 9.84 Å². The van der Waals surface area contributed by atoms with E-state index in [1.807, 2.05) is 18.2 Å². The Hall–Kier alpha value is -2.50. The molecular weight excluding hydrogens is 297 g/mol. The van der Waals surface area contributed by atoms with E-state index >= 15 is 0 Å². The summed E-state index contributed by atoms with van der Waals surface area (Å²) in [5, 5.41) is 8.37. The van der Waals surface area contributed by atoms with E-state index in [9.17, 15) is 18.0 Å². The number of alkyl halides is 3. The van der Waals surface area contributed by atoms with Gasteiger partial charge in [0, 0.05) is 0 Å². The van der Waals surface area contributed by atoms with Crippen molar-refractivity contribution in [3.63, 3.8) is 0 Å². The summed E-state index contributed by atoms with van der Waals surface area (Å²) < 4.78 is 38.5. The van der Waals surface area contributed by atoms with Gasteiger partial charge in [0.15, 0.2) is 0 Å². The fourth-order valence-electron chi connectivity index (χ4n) is 1.51. The van der Waals surface area contributed by atoms with E-state index in [1.54, 1.807) is 31.2 Å². The first-order valence-electron chi connectivity index (χ1n) is 6.34. The molecule has 0 aliphatic heterocycles. The molecule has 6 heteroatoms. The second-order valence-electron chi connectivity index (χ2n) is 4.42. The quantitative estimate of drug-likeness (QED) is 0.923. The smallest absolute Gasteiger partial charge is 0.481 e. The maximum Gasteiger partial charge on any atom is 0.573 e. The minimum atomic E-state index is -4.60. The van der Waals surface area contributed by atoms with Gasteiger partial charge >= 0.3 is 12.3 Å². The first kappa shape index (κ1) is 17.6. The van der Waals surface area contributed by atoms with Gasteiger partial charge in [-0.05, 0) is 24.6 Å². The summed E-state index contributed by atoms with van der Waals surface area (Å²) in [5.74, 6) is -0.973. The first-order chi connectivity index (χ1) is 10.3. The molecule has 0 aliphatic carbocycles. The number of rotatable bonds is 3. The number of carboxylic acid groups (broad SMARTS) is 1. The fourth-order valence-corrected chi connectivity index (χ4v) is 1.51. The lowest BCUT2D eigenvalue weighted by Crippen LogP contribution is -2.16. The monoisotopic (exact) mass is 312 g/mol. The van der Waals surface area contributed by atoms with Gasteiger partial charge in [-0.1, -0.05) is 48.0 Å². The van der Waals surface area contributed by atoms with Crippen molar-refractivity contribution in [1.82, 2.24) is 0 Å². The number of halogens is 3. The Morgan fingerprint density at radius 1 is 1.05 bits per heavy atom. The van der Waals surface area contributed by atoms with Crippen LogP contribution in [0.15, 0.2) is 54.6 Å². The summed E-state index contributed by atoms with van der Waals surface area (Å²) in [6, 6.07) is 14.8. The third kappa shape index (κ3) is 7.94. The zero-order valence-electron chi connectivity index (χ0n) is 11.8. The van der Waals surface area contributed by atoms with Crippen molar-refractivity contribution in [3.8, 4) is 5.75 Å². The van der Waals surface area contributed by atoms with Gasteiger partial charge in [-0.2, -0.15) is 0 Å². The van der Waals surface area contributed by atoms with Crippen molar-refractivity contribution in [2.75, 3.05) is 0 Å². The summed E-state index contributed by atoms with van der Waals surface area (Å²) >= 11 is 0.